The van der Waals surface area contributed by atoms with E-state index < -0.39 is 10.0 Å². The predicted octanol–water partition coefficient (Wildman–Crippen LogP) is 4.39. The summed E-state index contributed by atoms with van der Waals surface area (Å²) in [6, 6.07) is 21.9. The quantitative estimate of drug-likeness (QED) is 0.465. The lowest BCUT2D eigenvalue weighted by Gasteiger charge is -2.15. The molecule has 0 unspecified atom stereocenters. The first-order valence-electron chi connectivity index (χ1n) is 10.1. The number of nitrogens with one attached hydrogen (secondary N) is 3. The van der Waals surface area contributed by atoms with Crippen molar-refractivity contribution in [2.45, 2.75) is 6.92 Å². The molecule has 1 aliphatic heterocycles. The van der Waals surface area contributed by atoms with E-state index in [1.807, 2.05) is 54.6 Å². The van der Waals surface area contributed by atoms with Gasteiger partial charge in [0.2, 0.25) is 10.0 Å². The molecule has 1 aliphatic rings. The minimum atomic E-state index is -3.45. The minimum absolute atomic E-state index is 0.0434. The van der Waals surface area contributed by atoms with Crippen molar-refractivity contribution >= 4 is 44.3 Å². The van der Waals surface area contributed by atoms with Crippen LogP contribution in [0.2, 0.25) is 0 Å². The Morgan fingerprint density at radius 3 is 2.31 bits per heavy atom. The second-order valence-corrected chi connectivity index (χ2v) is 9.20. The van der Waals surface area contributed by atoms with Crippen LogP contribution in [0, 0.1) is 0 Å². The highest BCUT2D eigenvalue weighted by molar-refractivity contribution is 7.92. The number of carbonyl (C=O) groups is 1. The average molecular weight is 450 g/mol. The second-order valence-electron chi connectivity index (χ2n) is 7.19. The molecule has 4 rings (SSSR count). The van der Waals surface area contributed by atoms with Gasteiger partial charge in [-0.05, 0) is 55.0 Å². The molecule has 32 heavy (non-hydrogen) atoms. The molecular formula is C24H23N3O4S. The highest BCUT2D eigenvalue weighted by Crippen LogP contribution is 2.39. The zero-order valence-electron chi connectivity index (χ0n) is 17.7. The third kappa shape index (κ3) is 4.45. The molecule has 0 atom stereocenters. The number of sulfonamides is 1. The molecule has 3 aromatic rings. The van der Waals surface area contributed by atoms with E-state index in [0.29, 0.717) is 28.2 Å². The molecule has 0 saturated heterocycles. The van der Waals surface area contributed by atoms with Gasteiger partial charge in [-0.15, -0.1) is 0 Å². The van der Waals surface area contributed by atoms with Gasteiger partial charge in [0.15, 0.2) is 0 Å². The molecule has 164 valence electrons. The van der Waals surface area contributed by atoms with Gasteiger partial charge in [-0.1, -0.05) is 30.3 Å². The molecule has 0 fully saturated rings. The van der Waals surface area contributed by atoms with Gasteiger partial charge in [0, 0.05) is 22.6 Å². The van der Waals surface area contributed by atoms with E-state index in [-0.39, 0.29) is 11.7 Å². The van der Waals surface area contributed by atoms with Gasteiger partial charge in [0.05, 0.1) is 24.1 Å². The lowest BCUT2D eigenvalue weighted by atomic mass is 9.99. The number of carbonyl (C=O) groups excluding carboxylic acids is 1. The molecule has 7 nitrogen and oxygen atoms in total. The van der Waals surface area contributed by atoms with Gasteiger partial charge >= 0.3 is 0 Å². The normalized spacial score (nSPS) is 14.4. The molecule has 0 radical (unpaired) electrons. The van der Waals surface area contributed by atoms with Crippen molar-refractivity contribution in [1.29, 1.82) is 0 Å². The van der Waals surface area contributed by atoms with Gasteiger partial charge in [0.1, 0.15) is 5.75 Å². The number of hydrogen-bond donors (Lipinski definition) is 3. The summed E-state index contributed by atoms with van der Waals surface area (Å²) in [6.45, 7) is 1.57. The summed E-state index contributed by atoms with van der Waals surface area (Å²) < 4.78 is 31.8. The number of anilines is 3. The first kappa shape index (κ1) is 21.5. The monoisotopic (exact) mass is 449 g/mol. The van der Waals surface area contributed by atoms with Crippen molar-refractivity contribution in [3.05, 3.63) is 83.9 Å². The van der Waals surface area contributed by atoms with Crippen LogP contribution in [-0.2, 0) is 14.8 Å². The third-order valence-corrected chi connectivity index (χ3v) is 6.40. The molecular weight excluding hydrogens is 426 g/mol. The van der Waals surface area contributed by atoms with Gasteiger partial charge in [0.25, 0.3) is 5.91 Å². The Kier molecular flexibility index (Phi) is 5.87. The Morgan fingerprint density at radius 2 is 1.66 bits per heavy atom. The Bertz CT molecular complexity index is 1280. The van der Waals surface area contributed by atoms with Crippen molar-refractivity contribution in [3.63, 3.8) is 0 Å². The molecule has 3 aromatic carbocycles. The first-order chi connectivity index (χ1) is 15.4. The van der Waals surface area contributed by atoms with Crippen molar-refractivity contribution < 1.29 is 17.9 Å². The summed E-state index contributed by atoms with van der Waals surface area (Å²) >= 11 is 0. The van der Waals surface area contributed by atoms with Crippen LogP contribution >= 0.6 is 0 Å². The van der Waals surface area contributed by atoms with Crippen LogP contribution in [0.25, 0.3) is 11.3 Å². The maximum Gasteiger partial charge on any atom is 0.258 e. The molecule has 1 amide bonds. The molecule has 0 spiro atoms. The lowest BCUT2D eigenvalue weighted by molar-refractivity contribution is -0.110. The van der Waals surface area contributed by atoms with E-state index in [4.69, 9.17) is 4.74 Å². The molecule has 0 aliphatic carbocycles. The summed E-state index contributed by atoms with van der Waals surface area (Å²) in [5, 5.41) is 6.24. The summed E-state index contributed by atoms with van der Waals surface area (Å²) in [7, 11) is -1.85. The number of benzene rings is 3. The van der Waals surface area contributed by atoms with Crippen LogP contribution in [0.15, 0.2) is 72.8 Å². The number of hydrogen-bond acceptors (Lipinski definition) is 5. The van der Waals surface area contributed by atoms with Crippen molar-refractivity contribution in [2.75, 3.05) is 28.2 Å². The van der Waals surface area contributed by atoms with Crippen LogP contribution < -0.4 is 20.1 Å². The van der Waals surface area contributed by atoms with Crippen LogP contribution in [0.1, 0.15) is 18.1 Å². The largest absolute Gasteiger partial charge is 0.497 e. The van der Waals surface area contributed by atoms with Crippen LogP contribution in [0.4, 0.5) is 17.1 Å². The van der Waals surface area contributed by atoms with E-state index in [9.17, 15) is 13.2 Å². The molecule has 3 N–H and O–H groups in total. The Morgan fingerprint density at radius 1 is 0.969 bits per heavy atom. The van der Waals surface area contributed by atoms with Crippen LogP contribution in [0.5, 0.6) is 5.75 Å². The number of fused-ring (bicyclic) bond motifs is 1. The zero-order chi connectivity index (χ0) is 22.7. The number of methoxy groups -OCH3 is 1. The Balaban J connectivity index is 1.84. The second kappa shape index (κ2) is 8.76. The maximum atomic E-state index is 13.0. The number of ether oxygens (including phenoxy) is 1. The van der Waals surface area contributed by atoms with E-state index in [2.05, 4.69) is 15.4 Å². The summed E-state index contributed by atoms with van der Waals surface area (Å²) in [5.74, 6) is 0.412. The first-order valence-corrected chi connectivity index (χ1v) is 11.7. The van der Waals surface area contributed by atoms with Gasteiger partial charge in [-0.2, -0.15) is 0 Å². The van der Waals surface area contributed by atoms with Gasteiger partial charge < -0.3 is 15.4 Å². The topological polar surface area (TPSA) is 96.5 Å². The fourth-order valence-corrected chi connectivity index (χ4v) is 4.06. The van der Waals surface area contributed by atoms with E-state index in [0.717, 1.165) is 17.0 Å². The van der Waals surface area contributed by atoms with Gasteiger partial charge in [-0.25, -0.2) is 8.42 Å². The Labute approximate surface area is 187 Å². The lowest BCUT2D eigenvalue weighted by Crippen LogP contribution is -2.14. The smallest absolute Gasteiger partial charge is 0.258 e. The average Bonchev–Trinajstić information content (AvgIpc) is 3.13. The SMILES string of the molecule is CCS(=O)(=O)Nc1ccc2c(c1)C(=C(Nc1ccc(OC)cc1)c1ccccc1)C(=O)N2. The fraction of sp³-hybridized carbons (Fsp3) is 0.125. The summed E-state index contributed by atoms with van der Waals surface area (Å²) in [6.07, 6.45) is 0. The third-order valence-electron chi connectivity index (χ3n) is 5.09. The minimum Gasteiger partial charge on any atom is -0.497 e. The van der Waals surface area contributed by atoms with Crippen molar-refractivity contribution in [3.8, 4) is 5.75 Å². The van der Waals surface area contributed by atoms with Gasteiger partial charge in [-0.3, -0.25) is 9.52 Å². The fourth-order valence-electron chi connectivity index (χ4n) is 3.43. The van der Waals surface area contributed by atoms with Crippen LogP contribution in [0.3, 0.4) is 0 Å². The molecule has 0 saturated carbocycles. The standard InChI is InChI=1S/C24H23N3O4S/c1-3-32(29,30)27-18-11-14-21-20(15-18)22(24(28)26-21)23(16-7-5-4-6-8-16)25-17-9-12-19(31-2)13-10-17/h4-15,25,27H,3H2,1-2H3,(H,26,28). The molecule has 1 heterocycles. The summed E-state index contributed by atoms with van der Waals surface area (Å²) in [4.78, 5) is 13.0. The predicted molar refractivity (Wildman–Crippen MR) is 128 cm³/mol. The molecule has 0 bridgehead atoms. The Hall–Kier alpha value is -3.78. The highest BCUT2D eigenvalue weighted by Gasteiger charge is 2.29. The summed E-state index contributed by atoms with van der Waals surface area (Å²) in [5.41, 5.74) is 4.28. The van der Waals surface area contributed by atoms with E-state index in [1.54, 1.807) is 32.2 Å². The van der Waals surface area contributed by atoms with Crippen molar-refractivity contribution in [1.82, 2.24) is 0 Å². The number of rotatable bonds is 7. The number of amides is 1. The molecule has 0 aromatic heterocycles. The molecule has 8 heteroatoms. The highest BCUT2D eigenvalue weighted by atomic mass is 32.2. The zero-order valence-corrected chi connectivity index (χ0v) is 18.5. The van der Waals surface area contributed by atoms with E-state index in [1.165, 1.54) is 0 Å². The van der Waals surface area contributed by atoms with E-state index >= 15 is 0 Å². The van der Waals surface area contributed by atoms with Crippen LogP contribution in [-0.4, -0.2) is 27.2 Å². The maximum absolute atomic E-state index is 13.0. The van der Waals surface area contributed by atoms with Crippen molar-refractivity contribution in [2.24, 2.45) is 0 Å².